The Hall–Kier alpha value is -2.70. The number of hydrogen-bond donors (Lipinski definition) is 1. The molecule has 3 aromatic rings. The van der Waals surface area contributed by atoms with Gasteiger partial charge in [0.15, 0.2) is 0 Å². The molecule has 0 saturated heterocycles. The van der Waals surface area contributed by atoms with Gasteiger partial charge in [-0.05, 0) is 28.8 Å². The van der Waals surface area contributed by atoms with Crippen LogP contribution in [0.1, 0.15) is 29.5 Å². The highest BCUT2D eigenvalue weighted by Crippen LogP contribution is 2.29. The molecular weight excluding hydrogens is 416 g/mol. The first-order valence-electron chi connectivity index (χ1n) is 11.4. The van der Waals surface area contributed by atoms with Crippen LogP contribution >= 0.6 is 0 Å². The van der Waals surface area contributed by atoms with Crippen LogP contribution in [0.4, 0.5) is 0 Å². The van der Waals surface area contributed by atoms with Crippen molar-refractivity contribution in [3.63, 3.8) is 0 Å². The summed E-state index contributed by atoms with van der Waals surface area (Å²) in [7, 11) is 1.65. The van der Waals surface area contributed by atoms with Crippen LogP contribution < -0.4 is 4.74 Å². The van der Waals surface area contributed by atoms with Crippen molar-refractivity contribution in [3.8, 4) is 5.75 Å². The summed E-state index contributed by atoms with van der Waals surface area (Å²) in [6, 6.07) is 27.9. The summed E-state index contributed by atoms with van der Waals surface area (Å²) in [6.45, 7) is 1.37. The van der Waals surface area contributed by atoms with Gasteiger partial charge in [0.2, 0.25) is 0 Å². The summed E-state index contributed by atoms with van der Waals surface area (Å²) in [4.78, 5) is 0. The van der Waals surface area contributed by atoms with Gasteiger partial charge < -0.3 is 24.1 Å². The molecule has 3 aromatic carbocycles. The van der Waals surface area contributed by atoms with Gasteiger partial charge in [0.25, 0.3) is 0 Å². The second-order valence-electron chi connectivity index (χ2n) is 8.42. The minimum atomic E-state index is -0.668. The van der Waals surface area contributed by atoms with Crippen molar-refractivity contribution in [2.75, 3.05) is 7.11 Å². The Balaban J connectivity index is 1.39. The normalized spacial score (nSPS) is 22.7. The summed E-state index contributed by atoms with van der Waals surface area (Å²) in [5, 5.41) is 11.0. The number of ether oxygens (including phenoxy) is 4. The van der Waals surface area contributed by atoms with Gasteiger partial charge in [-0.1, -0.05) is 72.8 Å². The quantitative estimate of drug-likeness (QED) is 0.478. The number of benzene rings is 3. The van der Waals surface area contributed by atoms with E-state index in [9.17, 15) is 5.11 Å². The lowest BCUT2D eigenvalue weighted by molar-refractivity contribution is -0.180. The Morgan fingerprint density at radius 1 is 0.667 bits per heavy atom. The highest BCUT2D eigenvalue weighted by molar-refractivity contribution is 5.26. The molecule has 4 rings (SSSR count). The van der Waals surface area contributed by atoms with Crippen LogP contribution in [0.3, 0.4) is 0 Å². The average Bonchev–Trinajstić information content (AvgIpc) is 2.87. The highest BCUT2D eigenvalue weighted by Gasteiger charge is 2.39. The van der Waals surface area contributed by atoms with Crippen LogP contribution in [0.5, 0.6) is 5.75 Å². The molecule has 1 aliphatic rings. The van der Waals surface area contributed by atoms with Gasteiger partial charge in [0.1, 0.15) is 11.9 Å². The van der Waals surface area contributed by atoms with E-state index in [0.29, 0.717) is 32.7 Å². The topological polar surface area (TPSA) is 57.2 Å². The van der Waals surface area contributed by atoms with Crippen molar-refractivity contribution in [1.82, 2.24) is 0 Å². The predicted molar refractivity (Wildman–Crippen MR) is 127 cm³/mol. The summed E-state index contributed by atoms with van der Waals surface area (Å²) < 4.78 is 23.8. The number of aliphatic hydroxyl groups excluding tert-OH is 1. The molecule has 174 valence electrons. The maximum atomic E-state index is 11.0. The van der Waals surface area contributed by atoms with Crippen molar-refractivity contribution in [2.45, 2.75) is 57.1 Å². The minimum Gasteiger partial charge on any atom is -0.497 e. The van der Waals surface area contributed by atoms with Gasteiger partial charge in [0, 0.05) is 12.8 Å². The van der Waals surface area contributed by atoms with Crippen LogP contribution in [-0.4, -0.2) is 36.6 Å². The monoisotopic (exact) mass is 448 g/mol. The zero-order chi connectivity index (χ0) is 22.9. The van der Waals surface area contributed by atoms with Crippen LogP contribution in [0, 0.1) is 0 Å². The second kappa shape index (κ2) is 12.0. The Morgan fingerprint density at radius 3 is 1.82 bits per heavy atom. The summed E-state index contributed by atoms with van der Waals surface area (Å²) >= 11 is 0. The zero-order valence-electron chi connectivity index (χ0n) is 19.0. The first kappa shape index (κ1) is 23.5. The van der Waals surface area contributed by atoms with E-state index in [2.05, 4.69) is 0 Å². The van der Waals surface area contributed by atoms with E-state index in [1.807, 2.05) is 84.9 Å². The maximum Gasteiger partial charge on any atom is 0.118 e. The average molecular weight is 449 g/mol. The molecular formula is C28H32O5. The fourth-order valence-corrected chi connectivity index (χ4v) is 4.14. The molecule has 5 nitrogen and oxygen atoms in total. The molecule has 33 heavy (non-hydrogen) atoms. The van der Waals surface area contributed by atoms with Crippen LogP contribution in [0.25, 0.3) is 0 Å². The summed E-state index contributed by atoms with van der Waals surface area (Å²) in [6.07, 6.45) is -0.268. The lowest BCUT2D eigenvalue weighted by Crippen LogP contribution is -2.49. The summed E-state index contributed by atoms with van der Waals surface area (Å²) in [5.41, 5.74) is 3.23. The molecule has 0 spiro atoms. The van der Waals surface area contributed by atoms with Crippen LogP contribution in [0.2, 0.25) is 0 Å². The number of hydrogen-bond acceptors (Lipinski definition) is 5. The van der Waals surface area contributed by atoms with E-state index in [4.69, 9.17) is 18.9 Å². The fourth-order valence-electron chi connectivity index (χ4n) is 4.14. The fraction of sp³-hybridized carbons (Fsp3) is 0.357. The lowest BCUT2D eigenvalue weighted by Gasteiger charge is -2.39. The second-order valence-corrected chi connectivity index (χ2v) is 8.42. The highest BCUT2D eigenvalue weighted by atomic mass is 16.6. The van der Waals surface area contributed by atoms with E-state index < -0.39 is 12.2 Å². The van der Waals surface area contributed by atoms with Gasteiger partial charge in [-0.15, -0.1) is 0 Å². The van der Waals surface area contributed by atoms with Crippen LogP contribution in [-0.2, 0) is 34.0 Å². The number of methoxy groups -OCH3 is 1. The van der Waals surface area contributed by atoms with Crippen LogP contribution in [0.15, 0.2) is 84.9 Å². The van der Waals surface area contributed by atoms with Gasteiger partial charge in [0.05, 0.1) is 45.2 Å². The first-order chi connectivity index (χ1) is 16.2. The number of aliphatic hydroxyl groups is 1. The van der Waals surface area contributed by atoms with Crippen molar-refractivity contribution >= 4 is 0 Å². The number of rotatable bonds is 10. The molecule has 0 radical (unpaired) electrons. The maximum absolute atomic E-state index is 11.0. The molecule has 1 N–H and O–H groups in total. The van der Waals surface area contributed by atoms with Crippen molar-refractivity contribution in [1.29, 1.82) is 0 Å². The Labute approximate surface area is 195 Å². The van der Waals surface area contributed by atoms with E-state index in [1.54, 1.807) is 7.11 Å². The molecule has 0 heterocycles. The minimum absolute atomic E-state index is 0.0955. The third-order valence-electron chi connectivity index (χ3n) is 5.98. The molecule has 5 heteroatoms. The van der Waals surface area contributed by atoms with Gasteiger partial charge >= 0.3 is 0 Å². The molecule has 0 bridgehead atoms. The largest absolute Gasteiger partial charge is 0.497 e. The van der Waals surface area contributed by atoms with Gasteiger partial charge in [-0.3, -0.25) is 0 Å². The summed E-state index contributed by atoms with van der Waals surface area (Å²) in [5.74, 6) is 0.805. The molecule has 1 saturated carbocycles. The van der Waals surface area contributed by atoms with Crippen molar-refractivity contribution in [3.05, 3.63) is 102 Å². The van der Waals surface area contributed by atoms with E-state index >= 15 is 0 Å². The van der Waals surface area contributed by atoms with Crippen molar-refractivity contribution < 1.29 is 24.1 Å². The van der Waals surface area contributed by atoms with Gasteiger partial charge in [-0.25, -0.2) is 0 Å². The molecule has 0 aromatic heterocycles. The predicted octanol–water partition coefficient (Wildman–Crippen LogP) is 4.91. The molecule has 0 aliphatic heterocycles. The standard InChI is InChI=1S/C28H32O5/c1-30-24-14-12-23(13-15-24)20-33-28-26(29)16-25(31-18-21-8-4-2-5-9-21)17-27(28)32-19-22-10-6-3-7-11-22/h2-15,25-29H,16-20H2,1H3/t25-,26+,27-,28?/m0/s1. The third-order valence-corrected chi connectivity index (χ3v) is 5.98. The molecule has 1 unspecified atom stereocenters. The lowest BCUT2D eigenvalue weighted by atomic mass is 9.89. The molecule has 1 fully saturated rings. The third kappa shape index (κ3) is 6.89. The Morgan fingerprint density at radius 2 is 1.21 bits per heavy atom. The van der Waals surface area contributed by atoms with Crippen molar-refractivity contribution in [2.24, 2.45) is 0 Å². The molecule has 1 aliphatic carbocycles. The first-order valence-corrected chi connectivity index (χ1v) is 11.4. The van der Waals surface area contributed by atoms with E-state index in [0.717, 1.165) is 22.4 Å². The zero-order valence-corrected chi connectivity index (χ0v) is 19.0. The SMILES string of the molecule is COc1ccc(COC2[C@H](O)C[C@H](OCc3ccccc3)C[C@@H]2OCc2ccccc2)cc1. The Bertz CT molecular complexity index is 945. The Kier molecular flexibility index (Phi) is 8.50. The van der Waals surface area contributed by atoms with E-state index in [-0.39, 0.29) is 12.2 Å². The van der Waals surface area contributed by atoms with Gasteiger partial charge in [-0.2, -0.15) is 0 Å². The van der Waals surface area contributed by atoms with E-state index in [1.165, 1.54) is 0 Å². The smallest absolute Gasteiger partial charge is 0.118 e. The molecule has 4 atom stereocenters. The molecule has 0 amide bonds.